The Morgan fingerprint density at radius 2 is 0.676 bits per heavy atom. The minimum atomic E-state index is -0.662. The molecular weight excluding hydrogens is 911 g/mol. The molecule has 74 heavy (non-hydrogen) atoms. The highest BCUT2D eigenvalue weighted by Gasteiger charge is 2.20. The van der Waals surface area contributed by atoms with Crippen molar-refractivity contribution in [2.45, 2.75) is 386 Å². The van der Waals surface area contributed by atoms with E-state index in [2.05, 4.69) is 43.5 Å². The number of carbonyl (C=O) groups is 2. The normalized spacial score (nSPS) is 12.6. The number of rotatable bonds is 63. The average molecular weight is 1040 g/mol. The van der Waals surface area contributed by atoms with E-state index < -0.39 is 12.1 Å². The van der Waals surface area contributed by atoms with Crippen LogP contribution in [-0.2, 0) is 14.3 Å². The van der Waals surface area contributed by atoms with Gasteiger partial charge in [0.1, 0.15) is 0 Å². The van der Waals surface area contributed by atoms with Crippen LogP contribution in [0.1, 0.15) is 373 Å². The molecule has 0 aliphatic rings. The summed E-state index contributed by atoms with van der Waals surface area (Å²) in [6.07, 6.45) is 79.2. The van der Waals surface area contributed by atoms with Gasteiger partial charge in [-0.2, -0.15) is 0 Å². The first-order valence-corrected chi connectivity index (χ1v) is 33.6. The van der Waals surface area contributed by atoms with Crippen LogP contribution in [0.2, 0.25) is 0 Å². The Labute approximate surface area is 462 Å². The molecule has 0 radical (unpaired) electrons. The minimum absolute atomic E-state index is 0.0132. The van der Waals surface area contributed by atoms with Crippen molar-refractivity contribution in [2.75, 3.05) is 13.2 Å². The van der Waals surface area contributed by atoms with Gasteiger partial charge in [-0.25, -0.2) is 0 Å². The highest BCUT2D eigenvalue weighted by molar-refractivity contribution is 5.76. The first-order valence-electron chi connectivity index (χ1n) is 33.6. The van der Waals surface area contributed by atoms with Crippen molar-refractivity contribution in [1.29, 1.82) is 0 Å². The smallest absolute Gasteiger partial charge is 0.305 e. The molecule has 0 spiro atoms. The van der Waals surface area contributed by atoms with Crippen molar-refractivity contribution in [3.05, 3.63) is 24.3 Å². The summed E-state index contributed by atoms with van der Waals surface area (Å²) < 4.78 is 5.51. The van der Waals surface area contributed by atoms with Crippen molar-refractivity contribution in [3.8, 4) is 0 Å². The fraction of sp³-hybridized carbons (Fsp3) is 0.912. The lowest BCUT2D eigenvalue weighted by molar-refractivity contribution is -0.143. The third kappa shape index (κ3) is 59.6. The van der Waals surface area contributed by atoms with Crippen LogP contribution in [0.5, 0.6) is 0 Å². The number of nitrogens with one attached hydrogen (secondary N) is 1. The second-order valence-electron chi connectivity index (χ2n) is 23.2. The van der Waals surface area contributed by atoms with Crippen LogP contribution in [0.3, 0.4) is 0 Å². The second-order valence-corrected chi connectivity index (χ2v) is 23.2. The zero-order valence-corrected chi connectivity index (χ0v) is 50.1. The predicted molar refractivity (Wildman–Crippen MR) is 324 cm³/mol. The van der Waals surface area contributed by atoms with Crippen LogP contribution in [0.25, 0.3) is 0 Å². The first kappa shape index (κ1) is 72.3. The molecule has 3 N–H and O–H groups in total. The van der Waals surface area contributed by atoms with Crippen LogP contribution in [0, 0.1) is 0 Å². The number of allylic oxidation sites excluding steroid dienone is 4. The van der Waals surface area contributed by atoms with Gasteiger partial charge in [0.25, 0.3) is 0 Å². The van der Waals surface area contributed by atoms with E-state index in [9.17, 15) is 19.8 Å². The van der Waals surface area contributed by atoms with Crippen LogP contribution < -0.4 is 5.32 Å². The van der Waals surface area contributed by atoms with E-state index in [0.29, 0.717) is 25.9 Å². The van der Waals surface area contributed by atoms with Crippen molar-refractivity contribution in [3.63, 3.8) is 0 Å². The number of esters is 1. The summed E-state index contributed by atoms with van der Waals surface area (Å²) in [5.74, 6) is -0.0183. The molecule has 2 atom stereocenters. The molecule has 1 amide bonds. The monoisotopic (exact) mass is 1040 g/mol. The molecule has 0 aromatic heterocycles. The molecular formula is C68H131NO5. The van der Waals surface area contributed by atoms with Crippen LogP contribution in [0.15, 0.2) is 24.3 Å². The summed E-state index contributed by atoms with van der Waals surface area (Å²) in [6, 6.07) is -0.539. The third-order valence-electron chi connectivity index (χ3n) is 15.8. The van der Waals surface area contributed by atoms with Crippen LogP contribution in [0.4, 0.5) is 0 Å². The average Bonchev–Trinajstić information content (AvgIpc) is 3.40. The molecule has 6 nitrogen and oxygen atoms in total. The molecule has 0 saturated carbocycles. The van der Waals surface area contributed by atoms with Gasteiger partial charge in [-0.1, -0.05) is 327 Å². The largest absolute Gasteiger partial charge is 0.466 e. The maximum absolute atomic E-state index is 12.5. The molecule has 0 saturated heterocycles. The zero-order valence-electron chi connectivity index (χ0n) is 50.1. The predicted octanol–water partition coefficient (Wildman–Crippen LogP) is 21.4. The highest BCUT2D eigenvalue weighted by atomic mass is 16.5. The van der Waals surface area contributed by atoms with Gasteiger partial charge in [-0.05, 0) is 57.8 Å². The van der Waals surface area contributed by atoms with Gasteiger partial charge in [0.15, 0.2) is 0 Å². The number of ether oxygens (including phenoxy) is 1. The summed E-state index contributed by atoms with van der Waals surface area (Å²) in [6.45, 7) is 4.95. The quantitative estimate of drug-likeness (QED) is 0.0320. The van der Waals surface area contributed by atoms with Crippen molar-refractivity contribution in [1.82, 2.24) is 5.32 Å². The molecule has 0 aromatic rings. The Morgan fingerprint density at radius 3 is 1.05 bits per heavy atom. The van der Waals surface area contributed by atoms with E-state index >= 15 is 0 Å². The summed E-state index contributed by atoms with van der Waals surface area (Å²) >= 11 is 0. The fourth-order valence-electron chi connectivity index (χ4n) is 10.6. The van der Waals surface area contributed by atoms with E-state index in [1.165, 1.54) is 289 Å². The number of amides is 1. The Bertz CT molecular complexity index is 1150. The molecule has 2 unspecified atom stereocenters. The van der Waals surface area contributed by atoms with Crippen molar-refractivity contribution < 1.29 is 24.5 Å². The van der Waals surface area contributed by atoms with Gasteiger partial charge in [0.05, 0.1) is 25.4 Å². The molecule has 0 fully saturated rings. The van der Waals surface area contributed by atoms with Gasteiger partial charge in [0, 0.05) is 12.8 Å². The lowest BCUT2D eigenvalue weighted by Crippen LogP contribution is -2.45. The zero-order chi connectivity index (χ0) is 53.6. The lowest BCUT2D eigenvalue weighted by Gasteiger charge is -2.22. The Hall–Kier alpha value is -1.66. The van der Waals surface area contributed by atoms with Crippen LogP contribution >= 0.6 is 0 Å². The standard InChI is InChI=1S/C68H131NO5/c1-3-5-7-9-11-13-15-17-18-19-27-31-34-38-42-46-50-54-58-62-68(73)74-63-59-55-51-47-43-39-35-32-29-26-24-22-20-21-23-25-28-30-33-37-41-45-49-53-57-61-67(72)69-65(64-70)66(71)60-56-52-48-44-40-36-16-14-12-10-8-6-4-2/h11,13,17-18,65-66,70-71H,3-10,12,14-16,19-64H2,1-2H3,(H,69,72)/b13-11-,18-17-. The molecule has 0 bridgehead atoms. The van der Waals surface area contributed by atoms with Gasteiger partial charge in [0.2, 0.25) is 5.91 Å². The van der Waals surface area contributed by atoms with Gasteiger partial charge >= 0.3 is 5.97 Å². The molecule has 0 heterocycles. The Kier molecular flexibility index (Phi) is 62.4. The number of hydrogen-bond acceptors (Lipinski definition) is 5. The SMILES string of the molecule is CCCCC/C=C\C/C=C\CCCCCCCCCCCC(=O)OCCCCCCCCCCCCCCCCCCCCCCCCCCCC(=O)NC(CO)C(O)CCCCCCCCCCCCCCC. The number of carbonyl (C=O) groups excluding carboxylic acids is 2. The lowest BCUT2D eigenvalue weighted by atomic mass is 10.0. The van der Waals surface area contributed by atoms with Gasteiger partial charge in [-0.3, -0.25) is 9.59 Å². The van der Waals surface area contributed by atoms with E-state index in [4.69, 9.17) is 4.74 Å². The Balaban J connectivity index is 3.33. The van der Waals surface area contributed by atoms with Crippen molar-refractivity contribution >= 4 is 11.9 Å². The maximum atomic E-state index is 12.5. The third-order valence-corrected chi connectivity index (χ3v) is 15.8. The number of aliphatic hydroxyl groups is 2. The highest BCUT2D eigenvalue weighted by Crippen LogP contribution is 2.19. The number of hydrogen-bond donors (Lipinski definition) is 3. The fourth-order valence-corrected chi connectivity index (χ4v) is 10.6. The molecule has 0 aliphatic carbocycles. The molecule has 6 heteroatoms. The second kappa shape index (κ2) is 63.9. The topological polar surface area (TPSA) is 95.9 Å². The van der Waals surface area contributed by atoms with Gasteiger partial charge in [-0.15, -0.1) is 0 Å². The molecule has 0 aromatic carbocycles. The molecule has 0 rings (SSSR count). The first-order chi connectivity index (χ1) is 36.5. The molecule has 0 aliphatic heterocycles. The van der Waals surface area contributed by atoms with Crippen LogP contribution in [-0.4, -0.2) is 47.4 Å². The van der Waals surface area contributed by atoms with E-state index in [1.54, 1.807) is 0 Å². The summed E-state index contributed by atoms with van der Waals surface area (Å²) in [5, 5.41) is 23.3. The van der Waals surface area contributed by atoms with E-state index in [0.717, 1.165) is 51.4 Å². The minimum Gasteiger partial charge on any atom is -0.466 e. The number of aliphatic hydroxyl groups excluding tert-OH is 2. The number of unbranched alkanes of at least 4 members (excludes halogenated alkanes) is 48. The maximum Gasteiger partial charge on any atom is 0.305 e. The van der Waals surface area contributed by atoms with E-state index in [-0.39, 0.29) is 18.5 Å². The van der Waals surface area contributed by atoms with Crippen molar-refractivity contribution in [2.24, 2.45) is 0 Å². The van der Waals surface area contributed by atoms with E-state index in [1.807, 2.05) is 0 Å². The summed E-state index contributed by atoms with van der Waals surface area (Å²) in [4.78, 5) is 24.6. The summed E-state index contributed by atoms with van der Waals surface area (Å²) in [7, 11) is 0. The molecule has 438 valence electrons. The van der Waals surface area contributed by atoms with Gasteiger partial charge < -0.3 is 20.3 Å². The Morgan fingerprint density at radius 1 is 0.378 bits per heavy atom. The summed E-state index contributed by atoms with van der Waals surface area (Å²) in [5.41, 5.74) is 0.